The molecule has 1 unspecified atom stereocenters. The highest BCUT2D eigenvalue weighted by atomic mass is 32.2. The van der Waals surface area contributed by atoms with Crippen LogP contribution in [0.2, 0.25) is 0 Å². The molecule has 0 bridgehead atoms. The second-order valence-corrected chi connectivity index (χ2v) is 7.84. The molecule has 0 aliphatic rings. The van der Waals surface area contributed by atoms with Crippen LogP contribution >= 0.6 is 0 Å². The molecule has 0 saturated heterocycles. The SMILES string of the molecule is Cc1cc(S(=O)(=O)O)ccc1NC(=O)C(CC(C)C)C(C)C. The van der Waals surface area contributed by atoms with Gasteiger partial charge in [-0.25, -0.2) is 0 Å². The number of hydrogen-bond acceptors (Lipinski definition) is 3. The standard InChI is InChI=1S/C16H25NO4S/c1-10(2)8-14(11(3)4)16(18)17-15-7-6-13(9-12(15)5)22(19,20)21/h6-7,9-11,14H,8H2,1-5H3,(H,17,18)(H,19,20,21). The Morgan fingerprint density at radius 1 is 1.23 bits per heavy atom. The lowest BCUT2D eigenvalue weighted by atomic mass is 9.87. The maximum absolute atomic E-state index is 12.4. The molecule has 0 radical (unpaired) electrons. The van der Waals surface area contributed by atoms with Gasteiger partial charge >= 0.3 is 0 Å². The molecule has 2 N–H and O–H groups in total. The maximum Gasteiger partial charge on any atom is 0.294 e. The molecule has 5 nitrogen and oxygen atoms in total. The zero-order chi connectivity index (χ0) is 17.1. The second kappa shape index (κ2) is 7.24. The lowest BCUT2D eigenvalue weighted by Crippen LogP contribution is -2.28. The number of rotatable bonds is 6. The van der Waals surface area contributed by atoms with Gasteiger partial charge in [0, 0.05) is 11.6 Å². The Morgan fingerprint density at radius 2 is 1.82 bits per heavy atom. The summed E-state index contributed by atoms with van der Waals surface area (Å²) in [5.41, 5.74) is 1.15. The molecule has 1 amide bonds. The van der Waals surface area contributed by atoms with E-state index in [2.05, 4.69) is 19.2 Å². The van der Waals surface area contributed by atoms with Crippen molar-refractivity contribution in [1.82, 2.24) is 0 Å². The van der Waals surface area contributed by atoms with Gasteiger partial charge in [-0.3, -0.25) is 9.35 Å². The van der Waals surface area contributed by atoms with Crippen LogP contribution in [0.3, 0.4) is 0 Å². The van der Waals surface area contributed by atoms with E-state index in [1.807, 2.05) is 13.8 Å². The smallest absolute Gasteiger partial charge is 0.294 e. The Balaban J connectivity index is 2.96. The van der Waals surface area contributed by atoms with Gasteiger partial charge in [0.25, 0.3) is 10.1 Å². The summed E-state index contributed by atoms with van der Waals surface area (Å²) in [6.07, 6.45) is 0.797. The molecule has 1 rings (SSSR count). The van der Waals surface area contributed by atoms with Gasteiger partial charge < -0.3 is 5.32 Å². The molecule has 0 heterocycles. The molecule has 0 aromatic heterocycles. The number of hydrogen-bond donors (Lipinski definition) is 2. The van der Waals surface area contributed by atoms with Gasteiger partial charge in [-0.1, -0.05) is 27.7 Å². The van der Waals surface area contributed by atoms with Crippen LogP contribution in [0.4, 0.5) is 5.69 Å². The Kier molecular flexibility index (Phi) is 6.14. The number of aryl methyl sites for hydroxylation is 1. The highest BCUT2D eigenvalue weighted by molar-refractivity contribution is 7.85. The first kappa shape index (κ1) is 18.6. The van der Waals surface area contributed by atoms with Gasteiger partial charge in [-0.15, -0.1) is 0 Å². The van der Waals surface area contributed by atoms with Crippen molar-refractivity contribution < 1.29 is 17.8 Å². The number of nitrogens with one attached hydrogen (secondary N) is 1. The third-order valence-corrected chi connectivity index (χ3v) is 4.47. The van der Waals surface area contributed by atoms with E-state index in [0.29, 0.717) is 17.2 Å². The molecule has 0 saturated carbocycles. The largest absolute Gasteiger partial charge is 0.326 e. The maximum atomic E-state index is 12.4. The quantitative estimate of drug-likeness (QED) is 0.783. The van der Waals surface area contributed by atoms with E-state index in [0.717, 1.165) is 6.42 Å². The van der Waals surface area contributed by atoms with Crippen molar-refractivity contribution in [3.05, 3.63) is 23.8 Å². The van der Waals surface area contributed by atoms with Crippen molar-refractivity contribution in [1.29, 1.82) is 0 Å². The van der Waals surface area contributed by atoms with Crippen LogP contribution in [0.5, 0.6) is 0 Å². The molecular weight excluding hydrogens is 302 g/mol. The van der Waals surface area contributed by atoms with Crippen molar-refractivity contribution in [2.75, 3.05) is 5.32 Å². The fourth-order valence-electron chi connectivity index (χ4n) is 2.35. The van der Waals surface area contributed by atoms with Crippen molar-refractivity contribution in [3.8, 4) is 0 Å². The molecule has 1 aromatic carbocycles. The monoisotopic (exact) mass is 327 g/mol. The summed E-state index contributed by atoms with van der Waals surface area (Å²) < 4.78 is 31.2. The number of carbonyl (C=O) groups is 1. The van der Waals surface area contributed by atoms with Gasteiger partial charge in [0.2, 0.25) is 5.91 Å². The van der Waals surface area contributed by atoms with Crippen LogP contribution in [0.25, 0.3) is 0 Å². The minimum absolute atomic E-state index is 0.0635. The molecule has 1 aromatic rings. The molecule has 124 valence electrons. The Morgan fingerprint density at radius 3 is 2.23 bits per heavy atom. The summed E-state index contributed by atoms with van der Waals surface area (Å²) in [5, 5.41) is 2.86. The molecule has 0 aliphatic carbocycles. The molecule has 6 heteroatoms. The molecular formula is C16H25NO4S. The van der Waals surface area contributed by atoms with Crippen LogP contribution in [0.15, 0.2) is 23.1 Å². The van der Waals surface area contributed by atoms with Gasteiger partial charge in [-0.05, 0) is 48.9 Å². The fraction of sp³-hybridized carbons (Fsp3) is 0.562. The average molecular weight is 327 g/mol. The molecule has 0 fully saturated rings. The second-order valence-electron chi connectivity index (χ2n) is 6.42. The lowest BCUT2D eigenvalue weighted by Gasteiger charge is -2.22. The van der Waals surface area contributed by atoms with Crippen molar-refractivity contribution in [2.24, 2.45) is 17.8 Å². The van der Waals surface area contributed by atoms with Crippen LogP contribution in [0, 0.1) is 24.7 Å². The first-order chi connectivity index (χ1) is 10.0. The minimum atomic E-state index is -4.23. The van der Waals surface area contributed by atoms with Crippen molar-refractivity contribution in [2.45, 2.75) is 45.9 Å². The molecule has 22 heavy (non-hydrogen) atoms. The predicted octanol–water partition coefficient (Wildman–Crippen LogP) is 3.50. The Bertz CT molecular complexity index is 636. The Labute approximate surface area is 132 Å². The van der Waals surface area contributed by atoms with E-state index in [4.69, 9.17) is 4.55 Å². The van der Waals surface area contributed by atoms with E-state index in [1.165, 1.54) is 18.2 Å². The molecule has 0 spiro atoms. The van der Waals surface area contributed by atoms with Gasteiger partial charge in [0.1, 0.15) is 0 Å². The van der Waals surface area contributed by atoms with E-state index in [9.17, 15) is 13.2 Å². The number of carbonyl (C=O) groups excluding carboxylic acids is 1. The Hall–Kier alpha value is -1.40. The summed E-state index contributed by atoms with van der Waals surface area (Å²) in [6, 6.07) is 4.13. The zero-order valence-corrected chi connectivity index (χ0v) is 14.6. The summed E-state index contributed by atoms with van der Waals surface area (Å²) in [5.74, 6) is 0.480. The number of benzene rings is 1. The summed E-state index contributed by atoms with van der Waals surface area (Å²) >= 11 is 0. The highest BCUT2D eigenvalue weighted by Crippen LogP contribution is 2.24. The number of amides is 1. The van der Waals surface area contributed by atoms with Crippen molar-refractivity contribution >= 4 is 21.7 Å². The summed E-state index contributed by atoms with van der Waals surface area (Å²) in [4.78, 5) is 12.3. The van der Waals surface area contributed by atoms with Gasteiger partial charge in [0.05, 0.1) is 4.90 Å². The lowest BCUT2D eigenvalue weighted by molar-refractivity contribution is -0.121. The number of anilines is 1. The normalized spacial score (nSPS) is 13.5. The average Bonchev–Trinajstić information content (AvgIpc) is 2.36. The first-order valence-corrected chi connectivity index (χ1v) is 8.85. The van der Waals surface area contributed by atoms with E-state index < -0.39 is 10.1 Å². The summed E-state index contributed by atoms with van der Waals surface area (Å²) in [7, 11) is -4.23. The first-order valence-electron chi connectivity index (χ1n) is 7.41. The van der Waals surface area contributed by atoms with E-state index >= 15 is 0 Å². The topological polar surface area (TPSA) is 83.5 Å². The minimum Gasteiger partial charge on any atom is -0.326 e. The van der Waals surface area contributed by atoms with Crippen molar-refractivity contribution in [3.63, 3.8) is 0 Å². The predicted molar refractivity (Wildman–Crippen MR) is 87.4 cm³/mol. The van der Waals surface area contributed by atoms with Gasteiger partial charge in [-0.2, -0.15) is 8.42 Å². The third-order valence-electron chi connectivity index (χ3n) is 3.62. The zero-order valence-electron chi connectivity index (χ0n) is 13.8. The third kappa shape index (κ3) is 5.10. The summed E-state index contributed by atoms with van der Waals surface area (Å²) in [6.45, 7) is 9.88. The molecule has 0 aliphatic heterocycles. The van der Waals surface area contributed by atoms with E-state index in [-0.39, 0.29) is 22.6 Å². The molecule has 1 atom stereocenters. The van der Waals surface area contributed by atoms with Crippen LogP contribution in [-0.4, -0.2) is 18.9 Å². The highest BCUT2D eigenvalue weighted by Gasteiger charge is 2.23. The van der Waals surface area contributed by atoms with Crippen LogP contribution < -0.4 is 5.32 Å². The fourth-order valence-corrected chi connectivity index (χ4v) is 2.92. The van der Waals surface area contributed by atoms with Crippen LogP contribution in [-0.2, 0) is 14.9 Å². The van der Waals surface area contributed by atoms with Gasteiger partial charge in [0.15, 0.2) is 0 Å². The van der Waals surface area contributed by atoms with Crippen LogP contribution in [0.1, 0.15) is 39.7 Å². The van der Waals surface area contributed by atoms with E-state index in [1.54, 1.807) is 6.92 Å².